The Morgan fingerprint density at radius 1 is 1.29 bits per heavy atom. The van der Waals surface area contributed by atoms with Crippen LogP contribution < -0.4 is 10.1 Å². The van der Waals surface area contributed by atoms with Crippen LogP contribution in [-0.2, 0) is 5.41 Å². The summed E-state index contributed by atoms with van der Waals surface area (Å²) in [5.74, 6) is 1.03. The first-order valence-electron chi connectivity index (χ1n) is 6.45. The summed E-state index contributed by atoms with van der Waals surface area (Å²) in [6, 6.07) is 6.55. The topological polar surface area (TPSA) is 21.3 Å². The first-order valence-corrected chi connectivity index (χ1v) is 6.45. The quantitative estimate of drug-likeness (QED) is 0.847. The minimum atomic E-state index is 0.207. The van der Waals surface area contributed by atoms with E-state index in [1.807, 2.05) is 0 Å². The maximum atomic E-state index is 6.01. The van der Waals surface area contributed by atoms with Crippen molar-refractivity contribution in [3.63, 3.8) is 0 Å². The minimum absolute atomic E-state index is 0.207. The smallest absolute Gasteiger partial charge is 0.122 e. The van der Waals surface area contributed by atoms with Gasteiger partial charge < -0.3 is 10.1 Å². The summed E-state index contributed by atoms with van der Waals surface area (Å²) in [6.07, 6.45) is 1.45. The van der Waals surface area contributed by atoms with E-state index in [-0.39, 0.29) is 5.41 Å². The van der Waals surface area contributed by atoms with Gasteiger partial charge >= 0.3 is 0 Å². The van der Waals surface area contributed by atoms with E-state index in [9.17, 15) is 0 Å². The lowest BCUT2D eigenvalue weighted by molar-refractivity contribution is 0.221. The van der Waals surface area contributed by atoms with Gasteiger partial charge in [-0.2, -0.15) is 0 Å². The molecule has 1 aliphatic rings. The Labute approximate surface area is 104 Å². The molecule has 0 radical (unpaired) electrons. The van der Waals surface area contributed by atoms with Crippen molar-refractivity contribution in [2.75, 3.05) is 13.1 Å². The van der Waals surface area contributed by atoms with E-state index in [2.05, 4.69) is 51.2 Å². The summed E-state index contributed by atoms with van der Waals surface area (Å²) in [4.78, 5) is 0. The summed E-state index contributed by atoms with van der Waals surface area (Å²) in [5, 5.41) is 3.32. The molecule has 2 heteroatoms. The Morgan fingerprint density at radius 3 is 2.59 bits per heavy atom. The molecule has 1 aliphatic heterocycles. The molecular formula is C15H23NO. The zero-order valence-electron chi connectivity index (χ0n) is 11.3. The summed E-state index contributed by atoms with van der Waals surface area (Å²) in [5.41, 5.74) is 2.81. The Kier molecular flexibility index (Phi) is 3.43. The van der Waals surface area contributed by atoms with Gasteiger partial charge in [-0.3, -0.25) is 0 Å². The van der Waals surface area contributed by atoms with Crippen LogP contribution in [0.4, 0.5) is 0 Å². The molecule has 0 spiro atoms. The molecule has 1 N–H and O–H groups in total. The van der Waals surface area contributed by atoms with Crippen molar-refractivity contribution in [3.05, 3.63) is 29.3 Å². The Hall–Kier alpha value is -1.02. The third kappa shape index (κ3) is 3.01. The van der Waals surface area contributed by atoms with Gasteiger partial charge in [0.15, 0.2) is 0 Å². The molecule has 0 bridgehead atoms. The third-order valence-electron chi connectivity index (χ3n) is 3.35. The molecule has 1 fully saturated rings. The lowest BCUT2D eigenvalue weighted by Gasteiger charge is -2.21. The fourth-order valence-corrected chi connectivity index (χ4v) is 2.16. The molecule has 0 aliphatic carbocycles. The van der Waals surface area contributed by atoms with Crippen molar-refractivity contribution in [2.45, 2.75) is 45.6 Å². The molecule has 2 rings (SSSR count). The molecule has 1 saturated heterocycles. The molecule has 1 aromatic carbocycles. The van der Waals surface area contributed by atoms with Gasteiger partial charge in [0.25, 0.3) is 0 Å². The number of aryl methyl sites for hydroxylation is 1. The highest BCUT2D eigenvalue weighted by molar-refractivity contribution is 5.38. The number of nitrogens with one attached hydrogen (secondary N) is 1. The number of benzene rings is 1. The molecule has 0 aromatic heterocycles. The summed E-state index contributed by atoms with van der Waals surface area (Å²) in [7, 11) is 0. The van der Waals surface area contributed by atoms with Gasteiger partial charge in [0, 0.05) is 6.54 Å². The van der Waals surface area contributed by atoms with Crippen LogP contribution in [0.1, 0.15) is 38.3 Å². The summed E-state index contributed by atoms with van der Waals surface area (Å²) < 4.78 is 6.01. The van der Waals surface area contributed by atoms with Gasteiger partial charge in [0.1, 0.15) is 11.9 Å². The van der Waals surface area contributed by atoms with Crippen molar-refractivity contribution < 1.29 is 4.74 Å². The van der Waals surface area contributed by atoms with E-state index in [1.165, 1.54) is 11.1 Å². The SMILES string of the molecule is Cc1cc(C(C)(C)C)ccc1OC1CCNC1. The zero-order chi connectivity index (χ0) is 12.5. The summed E-state index contributed by atoms with van der Waals surface area (Å²) >= 11 is 0. The van der Waals surface area contributed by atoms with Gasteiger partial charge in [-0.15, -0.1) is 0 Å². The number of hydrogen-bond acceptors (Lipinski definition) is 2. The molecule has 0 amide bonds. The normalized spacial score (nSPS) is 20.6. The minimum Gasteiger partial charge on any atom is -0.489 e. The van der Waals surface area contributed by atoms with Gasteiger partial charge in [-0.25, -0.2) is 0 Å². The molecule has 0 saturated carbocycles. The highest BCUT2D eigenvalue weighted by Crippen LogP contribution is 2.28. The second kappa shape index (κ2) is 4.69. The molecule has 1 atom stereocenters. The highest BCUT2D eigenvalue weighted by atomic mass is 16.5. The van der Waals surface area contributed by atoms with Gasteiger partial charge in [-0.05, 0) is 42.5 Å². The average molecular weight is 233 g/mol. The predicted octanol–water partition coefficient (Wildman–Crippen LogP) is 3.03. The molecule has 1 heterocycles. The van der Waals surface area contributed by atoms with Gasteiger partial charge in [-0.1, -0.05) is 32.9 Å². The van der Waals surface area contributed by atoms with Crippen LogP contribution >= 0.6 is 0 Å². The second-order valence-electron chi connectivity index (χ2n) is 5.96. The average Bonchev–Trinajstić information content (AvgIpc) is 2.72. The lowest BCUT2D eigenvalue weighted by atomic mass is 9.86. The van der Waals surface area contributed by atoms with Crippen LogP contribution in [-0.4, -0.2) is 19.2 Å². The zero-order valence-corrected chi connectivity index (χ0v) is 11.3. The van der Waals surface area contributed by atoms with E-state index in [1.54, 1.807) is 0 Å². The van der Waals surface area contributed by atoms with Crippen molar-refractivity contribution in [2.24, 2.45) is 0 Å². The first-order chi connectivity index (χ1) is 7.97. The van der Waals surface area contributed by atoms with E-state index >= 15 is 0 Å². The van der Waals surface area contributed by atoms with Crippen LogP contribution in [0.3, 0.4) is 0 Å². The Balaban J connectivity index is 2.14. The van der Waals surface area contributed by atoms with Crippen molar-refractivity contribution >= 4 is 0 Å². The number of rotatable bonds is 2. The molecular weight excluding hydrogens is 210 g/mol. The van der Waals surface area contributed by atoms with Crippen molar-refractivity contribution in [1.82, 2.24) is 5.32 Å². The summed E-state index contributed by atoms with van der Waals surface area (Å²) in [6.45, 7) is 10.9. The fourth-order valence-electron chi connectivity index (χ4n) is 2.16. The monoisotopic (exact) mass is 233 g/mol. The third-order valence-corrected chi connectivity index (χ3v) is 3.35. The van der Waals surface area contributed by atoms with Crippen LogP contribution in [0.25, 0.3) is 0 Å². The van der Waals surface area contributed by atoms with Gasteiger partial charge in [0.05, 0.1) is 0 Å². The molecule has 17 heavy (non-hydrogen) atoms. The van der Waals surface area contributed by atoms with E-state index in [0.717, 1.165) is 25.3 Å². The van der Waals surface area contributed by atoms with Crippen molar-refractivity contribution in [3.8, 4) is 5.75 Å². The molecule has 1 aromatic rings. The van der Waals surface area contributed by atoms with E-state index < -0.39 is 0 Å². The highest BCUT2D eigenvalue weighted by Gasteiger charge is 2.18. The van der Waals surface area contributed by atoms with E-state index in [4.69, 9.17) is 4.74 Å². The Bertz CT molecular complexity index is 386. The fraction of sp³-hybridized carbons (Fsp3) is 0.600. The van der Waals surface area contributed by atoms with Crippen LogP contribution in [0.2, 0.25) is 0 Å². The second-order valence-corrected chi connectivity index (χ2v) is 5.96. The molecule has 1 unspecified atom stereocenters. The number of ether oxygens (including phenoxy) is 1. The Morgan fingerprint density at radius 2 is 2.06 bits per heavy atom. The molecule has 2 nitrogen and oxygen atoms in total. The first kappa shape index (κ1) is 12.4. The maximum Gasteiger partial charge on any atom is 0.122 e. The molecule has 94 valence electrons. The largest absolute Gasteiger partial charge is 0.489 e. The standard InChI is InChI=1S/C15H23NO/c1-11-9-12(15(2,3)4)5-6-14(11)17-13-7-8-16-10-13/h5-6,9,13,16H,7-8,10H2,1-4H3. The van der Waals surface area contributed by atoms with Crippen LogP contribution in [0, 0.1) is 6.92 Å². The lowest BCUT2D eigenvalue weighted by Crippen LogP contribution is -2.20. The number of hydrogen-bond donors (Lipinski definition) is 1. The predicted molar refractivity (Wildman–Crippen MR) is 71.8 cm³/mol. The van der Waals surface area contributed by atoms with Crippen LogP contribution in [0.15, 0.2) is 18.2 Å². The van der Waals surface area contributed by atoms with Gasteiger partial charge in [0.2, 0.25) is 0 Å². The van der Waals surface area contributed by atoms with Crippen LogP contribution in [0.5, 0.6) is 5.75 Å². The maximum absolute atomic E-state index is 6.01. The van der Waals surface area contributed by atoms with Crippen molar-refractivity contribution in [1.29, 1.82) is 0 Å². The van der Waals surface area contributed by atoms with E-state index in [0.29, 0.717) is 6.10 Å².